The molecule has 0 saturated heterocycles. The van der Waals surface area contributed by atoms with Crippen molar-refractivity contribution >= 4 is 17.7 Å². The predicted octanol–water partition coefficient (Wildman–Crippen LogP) is 1.75. The van der Waals surface area contributed by atoms with E-state index in [4.69, 9.17) is 4.74 Å². The third-order valence-electron chi connectivity index (χ3n) is 1.68. The van der Waals surface area contributed by atoms with Crippen molar-refractivity contribution in [3.63, 3.8) is 0 Å². The lowest BCUT2D eigenvalue weighted by Gasteiger charge is -2.04. The van der Waals surface area contributed by atoms with Crippen LogP contribution in [0.5, 0.6) is 0 Å². The lowest BCUT2D eigenvalue weighted by molar-refractivity contribution is 0.0518. The van der Waals surface area contributed by atoms with Gasteiger partial charge in [0.1, 0.15) is 0 Å². The molecule has 0 aliphatic heterocycles. The summed E-state index contributed by atoms with van der Waals surface area (Å²) >= 11 is 1.37. The molecule has 16 heavy (non-hydrogen) atoms. The SMILES string of the molecule is CC#Cc1cnc(SC)nc1C(=O)OCC. The minimum absolute atomic E-state index is 0.232. The second-order valence-corrected chi connectivity index (χ2v) is 3.49. The lowest BCUT2D eigenvalue weighted by Crippen LogP contribution is -2.10. The van der Waals surface area contributed by atoms with Crippen molar-refractivity contribution < 1.29 is 9.53 Å². The van der Waals surface area contributed by atoms with E-state index in [1.165, 1.54) is 11.8 Å². The minimum atomic E-state index is -0.460. The first-order chi connectivity index (χ1) is 7.72. The molecule has 4 nitrogen and oxygen atoms in total. The molecule has 84 valence electrons. The van der Waals surface area contributed by atoms with Crippen LogP contribution >= 0.6 is 11.8 Å². The Kier molecular flexibility index (Phi) is 4.80. The van der Waals surface area contributed by atoms with Crippen LogP contribution < -0.4 is 0 Å². The standard InChI is InChI=1S/C11H12N2O2S/c1-4-6-8-7-12-11(16-3)13-9(8)10(14)15-5-2/h7H,5H2,1-3H3. The monoisotopic (exact) mass is 236 g/mol. The van der Waals surface area contributed by atoms with Crippen LogP contribution in [0.3, 0.4) is 0 Å². The lowest BCUT2D eigenvalue weighted by atomic mass is 10.2. The fourth-order valence-electron chi connectivity index (χ4n) is 1.05. The number of hydrogen-bond acceptors (Lipinski definition) is 5. The molecular formula is C11H12N2O2S. The van der Waals surface area contributed by atoms with Gasteiger partial charge in [-0.05, 0) is 20.1 Å². The Labute approximate surface area is 98.8 Å². The Morgan fingerprint density at radius 1 is 1.62 bits per heavy atom. The molecule has 1 aromatic heterocycles. The first-order valence-corrected chi connectivity index (χ1v) is 5.96. The number of ether oxygens (including phenoxy) is 1. The van der Waals surface area contributed by atoms with Crippen molar-refractivity contribution in [1.29, 1.82) is 0 Å². The van der Waals surface area contributed by atoms with Crippen molar-refractivity contribution in [3.05, 3.63) is 17.5 Å². The van der Waals surface area contributed by atoms with E-state index in [-0.39, 0.29) is 5.69 Å². The summed E-state index contributed by atoms with van der Waals surface area (Å²) in [5.74, 6) is 5.04. The minimum Gasteiger partial charge on any atom is -0.461 e. The van der Waals surface area contributed by atoms with Gasteiger partial charge in [0.25, 0.3) is 0 Å². The molecule has 0 fully saturated rings. The molecule has 1 aromatic rings. The topological polar surface area (TPSA) is 52.1 Å². The van der Waals surface area contributed by atoms with Gasteiger partial charge in [0.15, 0.2) is 10.9 Å². The molecule has 1 heterocycles. The Morgan fingerprint density at radius 2 is 2.38 bits per heavy atom. The molecule has 0 aliphatic carbocycles. The summed E-state index contributed by atoms with van der Waals surface area (Å²) in [7, 11) is 0. The van der Waals surface area contributed by atoms with Crippen LogP contribution in [0.2, 0.25) is 0 Å². The Balaban J connectivity index is 3.17. The number of nitrogens with zero attached hydrogens (tertiary/aromatic N) is 2. The van der Waals surface area contributed by atoms with E-state index >= 15 is 0 Å². The third-order valence-corrected chi connectivity index (χ3v) is 2.24. The molecule has 0 bridgehead atoms. The number of hydrogen-bond donors (Lipinski definition) is 0. The van der Waals surface area contributed by atoms with Gasteiger partial charge < -0.3 is 4.74 Å². The second-order valence-electron chi connectivity index (χ2n) is 2.71. The summed E-state index contributed by atoms with van der Waals surface area (Å²) in [6.07, 6.45) is 3.39. The highest BCUT2D eigenvalue weighted by Crippen LogP contribution is 2.12. The van der Waals surface area contributed by atoms with Crippen LogP contribution in [0.1, 0.15) is 29.9 Å². The third kappa shape index (κ3) is 2.97. The second kappa shape index (κ2) is 6.13. The average Bonchev–Trinajstić information content (AvgIpc) is 2.30. The molecule has 0 atom stereocenters. The largest absolute Gasteiger partial charge is 0.461 e. The first-order valence-electron chi connectivity index (χ1n) is 4.73. The molecule has 0 aromatic carbocycles. The first kappa shape index (κ1) is 12.5. The number of thioether (sulfide) groups is 1. The molecule has 0 unspecified atom stereocenters. The maximum atomic E-state index is 11.6. The van der Waals surface area contributed by atoms with Crippen molar-refractivity contribution in [3.8, 4) is 11.8 Å². The molecule has 1 rings (SSSR count). The predicted molar refractivity (Wildman–Crippen MR) is 62.3 cm³/mol. The molecule has 0 spiro atoms. The van der Waals surface area contributed by atoms with Gasteiger partial charge in [-0.3, -0.25) is 0 Å². The van der Waals surface area contributed by atoms with Crippen LogP contribution in [-0.4, -0.2) is 28.8 Å². The summed E-state index contributed by atoms with van der Waals surface area (Å²) in [4.78, 5) is 19.8. The highest BCUT2D eigenvalue weighted by atomic mass is 32.2. The van der Waals surface area contributed by atoms with Crippen LogP contribution in [0.4, 0.5) is 0 Å². The smallest absolute Gasteiger partial charge is 0.358 e. The zero-order valence-corrected chi connectivity index (χ0v) is 10.2. The van der Waals surface area contributed by atoms with Crippen LogP contribution in [0.15, 0.2) is 11.4 Å². The zero-order valence-electron chi connectivity index (χ0n) is 9.40. The molecule has 5 heteroatoms. The van der Waals surface area contributed by atoms with Gasteiger partial charge in [0, 0.05) is 6.20 Å². The normalized spacial score (nSPS) is 9.19. The molecule has 0 N–H and O–H groups in total. The van der Waals surface area contributed by atoms with E-state index in [0.29, 0.717) is 17.3 Å². The van der Waals surface area contributed by atoms with Crippen LogP contribution in [0.25, 0.3) is 0 Å². The Hall–Kier alpha value is -1.54. The maximum Gasteiger partial charge on any atom is 0.358 e. The van der Waals surface area contributed by atoms with Gasteiger partial charge >= 0.3 is 5.97 Å². The number of carbonyl (C=O) groups is 1. The molecular weight excluding hydrogens is 224 g/mol. The van der Waals surface area contributed by atoms with Gasteiger partial charge in [0.2, 0.25) is 0 Å². The van der Waals surface area contributed by atoms with Gasteiger partial charge in [-0.1, -0.05) is 17.7 Å². The van der Waals surface area contributed by atoms with Gasteiger partial charge in [-0.25, -0.2) is 14.8 Å². The van der Waals surface area contributed by atoms with Crippen molar-refractivity contribution in [2.75, 3.05) is 12.9 Å². The number of aromatic nitrogens is 2. The molecule has 0 radical (unpaired) electrons. The fourth-order valence-corrected chi connectivity index (χ4v) is 1.39. The number of rotatable bonds is 3. The highest BCUT2D eigenvalue weighted by Gasteiger charge is 2.14. The van der Waals surface area contributed by atoms with Gasteiger partial charge in [-0.2, -0.15) is 0 Å². The summed E-state index contributed by atoms with van der Waals surface area (Å²) in [6, 6.07) is 0. The summed E-state index contributed by atoms with van der Waals surface area (Å²) < 4.78 is 4.91. The average molecular weight is 236 g/mol. The Bertz CT molecular complexity index is 449. The summed E-state index contributed by atoms with van der Waals surface area (Å²) in [5, 5.41) is 0.532. The molecule has 0 saturated carbocycles. The molecule has 0 aliphatic rings. The fraction of sp³-hybridized carbons (Fsp3) is 0.364. The van der Waals surface area contributed by atoms with E-state index in [0.717, 1.165) is 0 Å². The van der Waals surface area contributed by atoms with E-state index in [1.807, 2.05) is 6.26 Å². The highest BCUT2D eigenvalue weighted by molar-refractivity contribution is 7.98. The van der Waals surface area contributed by atoms with Crippen molar-refractivity contribution in [2.24, 2.45) is 0 Å². The Morgan fingerprint density at radius 3 is 2.94 bits per heavy atom. The summed E-state index contributed by atoms with van der Waals surface area (Å²) in [6.45, 7) is 3.76. The van der Waals surface area contributed by atoms with Crippen molar-refractivity contribution in [2.45, 2.75) is 19.0 Å². The van der Waals surface area contributed by atoms with Gasteiger partial charge in [-0.15, -0.1) is 5.92 Å². The van der Waals surface area contributed by atoms with E-state index in [2.05, 4.69) is 21.8 Å². The van der Waals surface area contributed by atoms with Gasteiger partial charge in [0.05, 0.1) is 12.2 Å². The zero-order chi connectivity index (χ0) is 12.0. The van der Waals surface area contributed by atoms with E-state index in [1.54, 1.807) is 20.0 Å². The summed E-state index contributed by atoms with van der Waals surface area (Å²) in [5.41, 5.74) is 0.731. The maximum absolute atomic E-state index is 11.6. The molecule has 0 amide bonds. The number of carbonyl (C=O) groups excluding carboxylic acids is 1. The number of esters is 1. The van der Waals surface area contributed by atoms with E-state index in [9.17, 15) is 4.79 Å². The van der Waals surface area contributed by atoms with Crippen LogP contribution in [-0.2, 0) is 4.74 Å². The quantitative estimate of drug-likeness (QED) is 0.346. The van der Waals surface area contributed by atoms with Crippen LogP contribution in [0, 0.1) is 11.8 Å². The van der Waals surface area contributed by atoms with Crippen molar-refractivity contribution in [1.82, 2.24) is 9.97 Å². The van der Waals surface area contributed by atoms with E-state index < -0.39 is 5.97 Å².